The number of likely N-dealkylation sites (tertiary alicyclic amines) is 1. The third kappa shape index (κ3) is 4.97. The minimum absolute atomic E-state index is 0.00265. The molecule has 1 N–H and O–H groups in total. The first-order valence-corrected chi connectivity index (χ1v) is 9.66. The van der Waals surface area contributed by atoms with Gasteiger partial charge in [-0.05, 0) is 63.5 Å². The molecule has 0 radical (unpaired) electrons. The Bertz CT molecular complexity index is 641. The highest BCUT2D eigenvalue weighted by Crippen LogP contribution is 2.32. The lowest BCUT2D eigenvalue weighted by Crippen LogP contribution is -2.41. The van der Waals surface area contributed by atoms with Gasteiger partial charge in [0.05, 0.1) is 5.69 Å². The summed E-state index contributed by atoms with van der Waals surface area (Å²) < 4.78 is 5.47. The van der Waals surface area contributed by atoms with E-state index in [1.54, 1.807) is 4.90 Å². The molecule has 3 rings (SSSR count). The Kier molecular flexibility index (Phi) is 6.50. The lowest BCUT2D eigenvalue weighted by molar-refractivity contribution is -0.122. The molecule has 2 amide bonds. The average molecular weight is 359 g/mol. The van der Waals surface area contributed by atoms with Crippen LogP contribution in [0.1, 0.15) is 37.7 Å². The number of hydrogen-bond donors (Lipinski definition) is 1. The second-order valence-electron chi connectivity index (χ2n) is 7.16. The lowest BCUT2D eigenvalue weighted by atomic mass is 10.1. The molecule has 1 aromatic rings. The molecule has 1 aromatic carbocycles. The van der Waals surface area contributed by atoms with Crippen molar-refractivity contribution < 1.29 is 14.3 Å². The van der Waals surface area contributed by atoms with Crippen LogP contribution in [-0.2, 0) is 9.59 Å². The molecule has 2 heterocycles. The molecule has 26 heavy (non-hydrogen) atoms. The maximum atomic E-state index is 12.2. The zero-order chi connectivity index (χ0) is 18.4. The van der Waals surface area contributed by atoms with E-state index in [1.165, 1.54) is 32.4 Å². The summed E-state index contributed by atoms with van der Waals surface area (Å²) in [5.41, 5.74) is 1.83. The Balaban J connectivity index is 1.41. The van der Waals surface area contributed by atoms with Crippen LogP contribution in [0.15, 0.2) is 18.2 Å². The van der Waals surface area contributed by atoms with Crippen molar-refractivity contribution in [3.8, 4) is 5.75 Å². The van der Waals surface area contributed by atoms with Gasteiger partial charge in [0.25, 0.3) is 5.91 Å². The van der Waals surface area contributed by atoms with E-state index in [2.05, 4.69) is 10.2 Å². The first-order chi connectivity index (χ1) is 12.6. The first kappa shape index (κ1) is 18.7. The van der Waals surface area contributed by atoms with E-state index in [9.17, 15) is 9.59 Å². The molecule has 0 bridgehead atoms. The molecular formula is C20H29N3O3. The molecule has 2 aliphatic rings. The molecule has 6 nitrogen and oxygen atoms in total. The number of ether oxygens (including phenoxy) is 1. The largest absolute Gasteiger partial charge is 0.482 e. The van der Waals surface area contributed by atoms with Gasteiger partial charge in [-0.15, -0.1) is 0 Å². The Morgan fingerprint density at radius 1 is 1.19 bits per heavy atom. The number of aryl methyl sites for hydroxylation is 1. The van der Waals surface area contributed by atoms with Crippen LogP contribution in [0.2, 0.25) is 0 Å². The van der Waals surface area contributed by atoms with Gasteiger partial charge in [-0.25, -0.2) is 0 Å². The van der Waals surface area contributed by atoms with Gasteiger partial charge in [0.15, 0.2) is 6.61 Å². The van der Waals surface area contributed by atoms with Crippen LogP contribution in [-0.4, -0.2) is 56.0 Å². The highest BCUT2D eigenvalue weighted by atomic mass is 16.5. The fourth-order valence-electron chi connectivity index (χ4n) is 3.57. The van der Waals surface area contributed by atoms with Crippen LogP contribution < -0.4 is 15.0 Å². The summed E-state index contributed by atoms with van der Waals surface area (Å²) in [5, 5.41) is 2.98. The number of carbonyl (C=O) groups is 2. The molecule has 0 unspecified atom stereocenters. The summed E-state index contributed by atoms with van der Waals surface area (Å²) in [6.07, 6.45) is 5.21. The number of benzene rings is 1. The van der Waals surface area contributed by atoms with Crippen molar-refractivity contribution in [1.29, 1.82) is 0 Å². The van der Waals surface area contributed by atoms with E-state index in [-0.39, 0.29) is 18.4 Å². The number of carbonyl (C=O) groups excluding carboxylic acids is 2. The summed E-state index contributed by atoms with van der Waals surface area (Å²) in [7, 11) is 0. The van der Waals surface area contributed by atoms with Gasteiger partial charge in [0.2, 0.25) is 5.91 Å². The topological polar surface area (TPSA) is 61.9 Å². The fraction of sp³-hybridized carbons (Fsp3) is 0.600. The van der Waals surface area contributed by atoms with E-state index in [0.717, 1.165) is 24.2 Å². The molecule has 1 saturated heterocycles. The summed E-state index contributed by atoms with van der Waals surface area (Å²) in [4.78, 5) is 28.4. The third-order valence-electron chi connectivity index (χ3n) is 5.04. The van der Waals surface area contributed by atoms with Crippen molar-refractivity contribution >= 4 is 17.5 Å². The molecule has 142 valence electrons. The number of anilines is 1. The standard InChI is InChI=1S/C20H29N3O3/c1-16-6-7-18-17(14-16)23(20(25)15-26-18)13-8-19(24)21-9-5-12-22-10-3-2-4-11-22/h6-7,14H,2-5,8-13,15H2,1H3,(H,21,24). The quantitative estimate of drug-likeness (QED) is 0.758. The Morgan fingerprint density at radius 2 is 2.00 bits per heavy atom. The van der Waals surface area contributed by atoms with Crippen LogP contribution in [0.5, 0.6) is 5.75 Å². The lowest BCUT2D eigenvalue weighted by Gasteiger charge is -2.29. The second kappa shape index (κ2) is 9.03. The van der Waals surface area contributed by atoms with Gasteiger partial charge in [0, 0.05) is 19.5 Å². The minimum Gasteiger partial charge on any atom is -0.482 e. The number of piperidine rings is 1. The Labute approximate surface area is 155 Å². The summed E-state index contributed by atoms with van der Waals surface area (Å²) in [6.45, 7) is 6.52. The molecule has 0 saturated carbocycles. The Hall–Kier alpha value is -2.08. The molecule has 0 spiro atoms. The molecular weight excluding hydrogens is 330 g/mol. The maximum absolute atomic E-state index is 12.2. The fourth-order valence-corrected chi connectivity index (χ4v) is 3.57. The van der Waals surface area contributed by atoms with Gasteiger partial charge in [0.1, 0.15) is 5.75 Å². The zero-order valence-electron chi connectivity index (χ0n) is 15.6. The third-order valence-corrected chi connectivity index (χ3v) is 5.04. The highest BCUT2D eigenvalue weighted by Gasteiger charge is 2.25. The summed E-state index contributed by atoms with van der Waals surface area (Å²) >= 11 is 0. The Morgan fingerprint density at radius 3 is 2.81 bits per heavy atom. The van der Waals surface area contributed by atoms with Crippen LogP contribution in [0, 0.1) is 6.92 Å². The second-order valence-corrected chi connectivity index (χ2v) is 7.16. The zero-order valence-corrected chi connectivity index (χ0v) is 15.6. The van der Waals surface area contributed by atoms with Crippen molar-refractivity contribution in [2.75, 3.05) is 44.2 Å². The predicted molar refractivity (Wildman–Crippen MR) is 102 cm³/mol. The normalized spacial score (nSPS) is 17.6. The van der Waals surface area contributed by atoms with Gasteiger partial charge in [-0.3, -0.25) is 9.59 Å². The first-order valence-electron chi connectivity index (χ1n) is 9.66. The van der Waals surface area contributed by atoms with E-state index in [4.69, 9.17) is 4.74 Å². The van der Waals surface area contributed by atoms with Gasteiger partial charge in [-0.1, -0.05) is 12.5 Å². The number of rotatable bonds is 7. The summed E-state index contributed by atoms with van der Waals surface area (Å²) in [6, 6.07) is 5.77. The van der Waals surface area contributed by atoms with E-state index in [1.807, 2.05) is 25.1 Å². The highest BCUT2D eigenvalue weighted by molar-refractivity contribution is 5.98. The average Bonchev–Trinajstić information content (AvgIpc) is 2.65. The SMILES string of the molecule is Cc1ccc2c(c1)N(CCC(=O)NCCCN1CCCCC1)C(=O)CO2. The van der Waals surface area contributed by atoms with E-state index < -0.39 is 0 Å². The maximum Gasteiger partial charge on any atom is 0.265 e. The number of nitrogens with zero attached hydrogens (tertiary/aromatic N) is 2. The molecule has 6 heteroatoms. The van der Waals surface area contributed by atoms with Crippen LogP contribution in [0.3, 0.4) is 0 Å². The minimum atomic E-state index is -0.0963. The van der Waals surface area contributed by atoms with Crippen molar-refractivity contribution in [1.82, 2.24) is 10.2 Å². The van der Waals surface area contributed by atoms with Crippen LogP contribution in [0.4, 0.5) is 5.69 Å². The molecule has 0 aromatic heterocycles. The van der Waals surface area contributed by atoms with Gasteiger partial charge in [-0.2, -0.15) is 0 Å². The molecule has 1 fully saturated rings. The molecule has 0 aliphatic carbocycles. The van der Waals surface area contributed by atoms with Gasteiger partial charge < -0.3 is 19.9 Å². The number of hydrogen-bond acceptors (Lipinski definition) is 4. The van der Waals surface area contributed by atoms with Crippen LogP contribution in [0.25, 0.3) is 0 Å². The van der Waals surface area contributed by atoms with Gasteiger partial charge >= 0.3 is 0 Å². The van der Waals surface area contributed by atoms with Crippen molar-refractivity contribution in [2.24, 2.45) is 0 Å². The summed E-state index contributed by atoms with van der Waals surface area (Å²) in [5.74, 6) is 0.607. The molecule has 2 aliphatic heterocycles. The van der Waals surface area contributed by atoms with Crippen LogP contribution >= 0.6 is 0 Å². The van der Waals surface area contributed by atoms with E-state index in [0.29, 0.717) is 25.3 Å². The molecule has 0 atom stereocenters. The van der Waals surface area contributed by atoms with Crippen molar-refractivity contribution in [2.45, 2.75) is 39.0 Å². The smallest absolute Gasteiger partial charge is 0.265 e. The van der Waals surface area contributed by atoms with Crippen molar-refractivity contribution in [3.05, 3.63) is 23.8 Å². The number of fused-ring (bicyclic) bond motifs is 1. The number of amides is 2. The monoisotopic (exact) mass is 359 g/mol. The van der Waals surface area contributed by atoms with E-state index >= 15 is 0 Å². The van der Waals surface area contributed by atoms with Crippen molar-refractivity contribution in [3.63, 3.8) is 0 Å². The predicted octanol–water partition coefficient (Wildman–Crippen LogP) is 2.10. The number of nitrogens with one attached hydrogen (secondary N) is 1.